The molecular weight excluding hydrogens is 492 g/mol. The predicted octanol–water partition coefficient (Wildman–Crippen LogP) is 2.51. The van der Waals surface area contributed by atoms with Gasteiger partial charge in [0.15, 0.2) is 11.5 Å². The lowest BCUT2D eigenvalue weighted by Gasteiger charge is -2.35. The summed E-state index contributed by atoms with van der Waals surface area (Å²) in [4.78, 5) is 20.8. The fourth-order valence-electron chi connectivity index (χ4n) is 4.32. The fraction of sp³-hybridized carbons (Fsp3) is 0.385. The van der Waals surface area contributed by atoms with Crippen LogP contribution < -0.4 is 14.4 Å². The van der Waals surface area contributed by atoms with E-state index in [2.05, 4.69) is 50.1 Å². The van der Waals surface area contributed by atoms with Crippen LogP contribution >= 0.6 is 0 Å². The van der Waals surface area contributed by atoms with Gasteiger partial charge < -0.3 is 9.64 Å². The van der Waals surface area contributed by atoms with Crippen LogP contribution in [0.2, 0.25) is 0 Å². The van der Waals surface area contributed by atoms with Gasteiger partial charge in [-0.05, 0) is 48.2 Å². The molecule has 1 N–H and O–H groups in total. The minimum atomic E-state index is -3.65. The molecule has 1 fully saturated rings. The number of amides is 1. The third kappa shape index (κ3) is 7.01. The van der Waals surface area contributed by atoms with Crippen molar-refractivity contribution in [1.29, 1.82) is 0 Å². The highest BCUT2D eigenvalue weighted by Crippen LogP contribution is 2.26. The van der Waals surface area contributed by atoms with Crippen molar-refractivity contribution < 1.29 is 17.9 Å². The molecule has 0 spiro atoms. The van der Waals surface area contributed by atoms with E-state index in [1.54, 1.807) is 12.3 Å². The number of carbonyl (C=O) groups excluding carboxylic acids is 1. The molecule has 0 bridgehead atoms. The Balaban J connectivity index is 1.36. The molecule has 0 unspecified atom stereocenters. The Hall–Kier alpha value is -3.57. The van der Waals surface area contributed by atoms with Crippen molar-refractivity contribution >= 4 is 21.7 Å². The molecule has 1 aliphatic rings. The molecular formula is C26H32N6O4S. The largest absolute Gasteiger partial charge is 0.492 e. The van der Waals surface area contributed by atoms with Crippen LogP contribution in [0.15, 0.2) is 48.8 Å². The van der Waals surface area contributed by atoms with Gasteiger partial charge in [0.2, 0.25) is 10.0 Å². The number of sulfonamides is 1. The summed E-state index contributed by atoms with van der Waals surface area (Å²) in [7, 11) is -3.65. The van der Waals surface area contributed by atoms with Crippen LogP contribution in [0, 0.1) is 0 Å². The minimum absolute atomic E-state index is 0.0382. The van der Waals surface area contributed by atoms with E-state index in [4.69, 9.17) is 4.74 Å². The summed E-state index contributed by atoms with van der Waals surface area (Å²) in [6.07, 6.45) is 5.46. The molecule has 1 saturated heterocycles. The van der Waals surface area contributed by atoms with Gasteiger partial charge in [-0.3, -0.25) is 14.7 Å². The molecule has 0 radical (unpaired) electrons. The number of nitrogens with zero attached hydrogens (tertiary/aromatic N) is 5. The van der Waals surface area contributed by atoms with Crippen molar-refractivity contribution in [3.8, 4) is 16.9 Å². The number of hydrogen-bond donors (Lipinski definition) is 1. The van der Waals surface area contributed by atoms with Crippen LogP contribution in [0.5, 0.6) is 5.75 Å². The van der Waals surface area contributed by atoms with Crippen molar-refractivity contribution in [2.75, 3.05) is 43.9 Å². The molecule has 11 heteroatoms. The van der Waals surface area contributed by atoms with Crippen LogP contribution in [0.4, 0.5) is 5.82 Å². The number of aryl methyl sites for hydroxylation is 1. The van der Waals surface area contributed by atoms with Gasteiger partial charge in [0.05, 0.1) is 19.1 Å². The van der Waals surface area contributed by atoms with Gasteiger partial charge in [-0.1, -0.05) is 25.1 Å². The van der Waals surface area contributed by atoms with Gasteiger partial charge in [-0.15, -0.1) is 10.2 Å². The topological polar surface area (TPSA) is 118 Å². The lowest BCUT2D eigenvalue weighted by Crippen LogP contribution is -2.46. The number of nitrogens with one attached hydrogen (secondary N) is 1. The predicted molar refractivity (Wildman–Crippen MR) is 142 cm³/mol. The van der Waals surface area contributed by atoms with Crippen LogP contribution in [0.1, 0.15) is 35.5 Å². The summed E-state index contributed by atoms with van der Waals surface area (Å²) < 4.78 is 30.0. The Morgan fingerprint density at radius 2 is 1.76 bits per heavy atom. The second kappa shape index (κ2) is 11.7. The van der Waals surface area contributed by atoms with E-state index in [0.717, 1.165) is 62.3 Å². The summed E-state index contributed by atoms with van der Waals surface area (Å²) >= 11 is 0. The van der Waals surface area contributed by atoms with E-state index >= 15 is 0 Å². The lowest BCUT2D eigenvalue weighted by atomic mass is 9.98. The van der Waals surface area contributed by atoms with Crippen molar-refractivity contribution in [2.45, 2.75) is 26.8 Å². The highest BCUT2D eigenvalue weighted by atomic mass is 32.2. The first kappa shape index (κ1) is 26.5. The molecule has 1 aromatic carbocycles. The zero-order chi connectivity index (χ0) is 26.4. The van der Waals surface area contributed by atoms with Gasteiger partial charge in [-0.25, -0.2) is 13.1 Å². The van der Waals surface area contributed by atoms with E-state index in [1.807, 2.05) is 23.9 Å². The first-order valence-corrected chi connectivity index (χ1v) is 14.2. The van der Waals surface area contributed by atoms with Gasteiger partial charge in [0.1, 0.15) is 5.75 Å². The van der Waals surface area contributed by atoms with Crippen molar-refractivity contribution in [1.82, 2.24) is 24.8 Å². The summed E-state index contributed by atoms with van der Waals surface area (Å²) in [6.45, 7) is 8.89. The first-order valence-electron chi connectivity index (χ1n) is 12.3. The quantitative estimate of drug-likeness (QED) is 0.450. The summed E-state index contributed by atoms with van der Waals surface area (Å²) in [5.41, 5.74) is 4.77. The molecule has 0 atom stereocenters. The van der Waals surface area contributed by atoms with Gasteiger partial charge >= 0.3 is 0 Å². The molecule has 37 heavy (non-hydrogen) atoms. The maximum atomic E-state index is 11.9. The lowest BCUT2D eigenvalue weighted by molar-refractivity contribution is 0.0976. The highest BCUT2D eigenvalue weighted by molar-refractivity contribution is 7.89. The SMILES string of the molecule is CCOc1cncc(-c2ccc(CN3CCN(c4ccc(C(=O)NS(C)(=O)=O)nn4)CC3)c(CC)c2)c1. The molecule has 3 heterocycles. The Morgan fingerprint density at radius 3 is 2.41 bits per heavy atom. The Kier molecular flexibility index (Phi) is 8.34. The number of ether oxygens (including phenoxy) is 1. The number of aromatic nitrogens is 3. The molecule has 10 nitrogen and oxygen atoms in total. The number of hydrogen-bond acceptors (Lipinski definition) is 9. The molecule has 4 rings (SSSR count). The Labute approximate surface area is 217 Å². The summed E-state index contributed by atoms with van der Waals surface area (Å²) in [6, 6.07) is 11.8. The smallest absolute Gasteiger partial charge is 0.285 e. The number of anilines is 1. The molecule has 196 valence electrons. The number of carbonyl (C=O) groups is 1. The number of benzene rings is 1. The molecule has 0 saturated carbocycles. The van der Waals surface area contributed by atoms with Crippen molar-refractivity contribution in [3.63, 3.8) is 0 Å². The van der Waals surface area contributed by atoms with E-state index in [0.29, 0.717) is 12.4 Å². The van der Waals surface area contributed by atoms with Gasteiger partial charge in [0.25, 0.3) is 5.91 Å². The minimum Gasteiger partial charge on any atom is -0.492 e. The maximum absolute atomic E-state index is 11.9. The second-order valence-corrected chi connectivity index (χ2v) is 10.7. The number of pyridine rings is 1. The molecule has 3 aromatic rings. The average Bonchev–Trinajstić information content (AvgIpc) is 2.89. The van der Waals surface area contributed by atoms with E-state index in [9.17, 15) is 13.2 Å². The van der Waals surface area contributed by atoms with Gasteiger partial charge in [-0.2, -0.15) is 0 Å². The third-order valence-corrected chi connectivity index (χ3v) is 6.75. The zero-order valence-corrected chi connectivity index (χ0v) is 22.2. The van der Waals surface area contributed by atoms with E-state index < -0.39 is 15.9 Å². The molecule has 1 aliphatic heterocycles. The summed E-state index contributed by atoms with van der Waals surface area (Å²) in [5.74, 6) is 0.649. The third-order valence-electron chi connectivity index (χ3n) is 6.20. The zero-order valence-electron chi connectivity index (χ0n) is 21.3. The highest BCUT2D eigenvalue weighted by Gasteiger charge is 2.20. The Bertz CT molecular complexity index is 1340. The maximum Gasteiger partial charge on any atom is 0.285 e. The number of rotatable bonds is 9. The van der Waals surface area contributed by atoms with E-state index in [1.165, 1.54) is 17.2 Å². The second-order valence-electron chi connectivity index (χ2n) is 8.92. The molecule has 0 aliphatic carbocycles. The molecule has 1 amide bonds. The Morgan fingerprint density at radius 1 is 0.973 bits per heavy atom. The van der Waals surface area contributed by atoms with Crippen LogP contribution in [0.25, 0.3) is 11.1 Å². The monoisotopic (exact) mass is 524 g/mol. The van der Waals surface area contributed by atoms with Crippen molar-refractivity contribution in [3.05, 3.63) is 65.6 Å². The van der Waals surface area contributed by atoms with Gasteiger partial charge in [0, 0.05) is 44.5 Å². The van der Waals surface area contributed by atoms with Crippen LogP contribution in [-0.4, -0.2) is 73.4 Å². The first-order chi connectivity index (χ1) is 17.8. The van der Waals surface area contributed by atoms with Crippen molar-refractivity contribution in [2.24, 2.45) is 0 Å². The van der Waals surface area contributed by atoms with Crippen LogP contribution in [-0.2, 0) is 23.0 Å². The fourth-order valence-corrected chi connectivity index (χ4v) is 4.76. The van der Waals surface area contributed by atoms with Crippen LogP contribution in [0.3, 0.4) is 0 Å². The number of piperazine rings is 1. The average molecular weight is 525 g/mol. The standard InChI is InChI=1S/C26H32N6O4S/c1-4-19-14-20(22-15-23(36-5-2)17-27-16-22)6-7-21(19)18-31-10-12-32(13-11-31)25-9-8-24(28-29-25)26(33)30-37(3,34)35/h6-9,14-17H,4-5,10-13,18H2,1-3H3,(H,30,33). The summed E-state index contributed by atoms with van der Waals surface area (Å²) in [5, 5.41) is 8.04. The van der Waals surface area contributed by atoms with E-state index in [-0.39, 0.29) is 5.69 Å². The normalized spacial score (nSPS) is 14.4. The molecule has 2 aromatic heterocycles.